The van der Waals surface area contributed by atoms with Crippen molar-refractivity contribution in [2.45, 2.75) is 38.1 Å². The van der Waals surface area contributed by atoms with Crippen LogP contribution in [0.5, 0.6) is 0 Å². The van der Waals surface area contributed by atoms with Gasteiger partial charge in [0.2, 0.25) is 15.9 Å². The number of hydrogen-bond donors (Lipinski definition) is 1. The van der Waals surface area contributed by atoms with Gasteiger partial charge in [0, 0.05) is 38.6 Å². The summed E-state index contributed by atoms with van der Waals surface area (Å²) in [5.41, 5.74) is 2.47. The number of carbonyl (C=O) groups excluding carboxylic acids is 1. The van der Waals surface area contributed by atoms with Crippen molar-refractivity contribution in [2.24, 2.45) is 5.92 Å². The molecule has 33 heavy (non-hydrogen) atoms. The van der Waals surface area contributed by atoms with Gasteiger partial charge in [-0.15, -0.1) is 0 Å². The quantitative estimate of drug-likeness (QED) is 0.542. The van der Waals surface area contributed by atoms with Gasteiger partial charge in [-0.25, -0.2) is 8.42 Å². The molecule has 0 bridgehead atoms. The zero-order valence-electron chi connectivity index (χ0n) is 19.0. The first-order valence-corrected chi connectivity index (χ1v) is 12.8. The number of amides is 1. The number of para-hydroxylation sites is 2. The van der Waals surface area contributed by atoms with E-state index >= 15 is 0 Å². The molecule has 8 nitrogen and oxygen atoms in total. The summed E-state index contributed by atoms with van der Waals surface area (Å²) in [7, 11) is -3.47. The molecule has 2 heterocycles. The molecule has 176 valence electrons. The van der Waals surface area contributed by atoms with Crippen LogP contribution >= 0.6 is 0 Å². The Morgan fingerprint density at radius 1 is 1.09 bits per heavy atom. The highest BCUT2D eigenvalue weighted by Gasteiger charge is 2.27. The molecule has 1 aromatic heterocycles. The number of oxazole rings is 1. The SMILES string of the molecule is CCN(CC)S(=O)(=O)c1ccc(CNC(=O)C2CCN(c3nc4ccccc4o3)CC2)cc1. The summed E-state index contributed by atoms with van der Waals surface area (Å²) >= 11 is 0. The van der Waals surface area contributed by atoms with E-state index in [1.807, 2.05) is 38.1 Å². The lowest BCUT2D eigenvalue weighted by Gasteiger charge is -2.30. The predicted molar refractivity (Wildman–Crippen MR) is 127 cm³/mol. The van der Waals surface area contributed by atoms with Gasteiger partial charge in [0.05, 0.1) is 4.90 Å². The van der Waals surface area contributed by atoms with Crippen LogP contribution in [0.1, 0.15) is 32.3 Å². The predicted octanol–water partition coefficient (Wildman–Crippen LogP) is 3.39. The minimum atomic E-state index is -3.47. The van der Waals surface area contributed by atoms with Crippen LogP contribution in [0.4, 0.5) is 6.01 Å². The first-order chi connectivity index (χ1) is 15.9. The molecule has 0 atom stereocenters. The maximum absolute atomic E-state index is 12.7. The van der Waals surface area contributed by atoms with E-state index in [9.17, 15) is 13.2 Å². The number of benzene rings is 2. The van der Waals surface area contributed by atoms with Crippen molar-refractivity contribution in [1.82, 2.24) is 14.6 Å². The number of nitrogens with one attached hydrogen (secondary N) is 1. The smallest absolute Gasteiger partial charge is 0.298 e. The van der Waals surface area contributed by atoms with Gasteiger partial charge in [0.25, 0.3) is 6.01 Å². The summed E-state index contributed by atoms with van der Waals surface area (Å²) in [4.78, 5) is 19.6. The summed E-state index contributed by atoms with van der Waals surface area (Å²) < 4.78 is 32.5. The Bertz CT molecular complexity index is 1160. The van der Waals surface area contributed by atoms with Crippen molar-refractivity contribution in [3.8, 4) is 0 Å². The molecule has 2 aromatic carbocycles. The van der Waals surface area contributed by atoms with Crippen molar-refractivity contribution < 1.29 is 17.6 Å². The van der Waals surface area contributed by atoms with E-state index < -0.39 is 10.0 Å². The van der Waals surface area contributed by atoms with Crippen LogP contribution < -0.4 is 10.2 Å². The third kappa shape index (κ3) is 5.04. The van der Waals surface area contributed by atoms with E-state index in [4.69, 9.17) is 4.42 Å². The highest BCUT2D eigenvalue weighted by Crippen LogP contribution is 2.26. The Morgan fingerprint density at radius 3 is 2.39 bits per heavy atom. The molecular weight excluding hydrogens is 440 g/mol. The fourth-order valence-corrected chi connectivity index (χ4v) is 5.61. The Morgan fingerprint density at radius 2 is 1.76 bits per heavy atom. The maximum Gasteiger partial charge on any atom is 0.298 e. The standard InChI is InChI=1S/C24H30N4O4S/c1-3-28(4-2)33(30,31)20-11-9-18(10-12-20)17-25-23(29)19-13-15-27(16-14-19)24-26-21-7-5-6-8-22(21)32-24/h5-12,19H,3-4,13-17H2,1-2H3,(H,25,29). The van der Waals surface area contributed by atoms with Crippen molar-refractivity contribution >= 4 is 33.0 Å². The van der Waals surface area contributed by atoms with Gasteiger partial charge in [-0.3, -0.25) is 4.79 Å². The zero-order chi connectivity index (χ0) is 23.4. The van der Waals surface area contributed by atoms with E-state index in [0.29, 0.717) is 38.7 Å². The number of carbonyl (C=O) groups is 1. The maximum atomic E-state index is 12.7. The van der Waals surface area contributed by atoms with E-state index in [0.717, 1.165) is 29.5 Å². The summed E-state index contributed by atoms with van der Waals surface area (Å²) in [6.45, 7) is 6.30. The van der Waals surface area contributed by atoms with E-state index in [2.05, 4.69) is 15.2 Å². The molecule has 9 heteroatoms. The van der Waals surface area contributed by atoms with Crippen LogP contribution in [0.2, 0.25) is 0 Å². The molecule has 1 aliphatic rings. The van der Waals surface area contributed by atoms with E-state index in [1.54, 1.807) is 24.3 Å². The van der Waals surface area contributed by atoms with Crippen LogP contribution in [-0.4, -0.2) is 49.8 Å². The van der Waals surface area contributed by atoms with Crippen molar-refractivity contribution in [2.75, 3.05) is 31.1 Å². The van der Waals surface area contributed by atoms with Crippen LogP contribution in [0, 0.1) is 5.92 Å². The van der Waals surface area contributed by atoms with Crippen LogP contribution in [-0.2, 0) is 21.4 Å². The molecule has 0 aliphatic carbocycles. The number of piperidine rings is 1. The normalized spacial score (nSPS) is 15.3. The topological polar surface area (TPSA) is 95.8 Å². The summed E-state index contributed by atoms with van der Waals surface area (Å²) in [6, 6.07) is 15.0. The fourth-order valence-electron chi connectivity index (χ4n) is 4.15. The lowest BCUT2D eigenvalue weighted by atomic mass is 9.96. The third-order valence-corrected chi connectivity index (χ3v) is 8.22. The summed E-state index contributed by atoms with van der Waals surface area (Å²) in [5.74, 6) is -0.0417. The number of nitrogens with zero attached hydrogens (tertiary/aromatic N) is 3. The van der Waals surface area contributed by atoms with Crippen LogP contribution in [0.15, 0.2) is 57.8 Å². The van der Waals surface area contributed by atoms with E-state index in [1.165, 1.54) is 4.31 Å². The second kappa shape index (κ2) is 9.93. The first-order valence-electron chi connectivity index (χ1n) is 11.4. The number of aromatic nitrogens is 1. The van der Waals surface area contributed by atoms with Gasteiger partial charge >= 0.3 is 0 Å². The number of hydrogen-bond acceptors (Lipinski definition) is 6. The average Bonchev–Trinajstić information content (AvgIpc) is 3.28. The summed E-state index contributed by atoms with van der Waals surface area (Å²) in [5, 5.41) is 2.99. The molecule has 0 unspecified atom stereocenters. The molecule has 1 N–H and O–H groups in total. The van der Waals surface area contributed by atoms with Gasteiger partial charge in [-0.1, -0.05) is 38.1 Å². The van der Waals surface area contributed by atoms with E-state index in [-0.39, 0.29) is 16.7 Å². The molecule has 1 saturated heterocycles. The van der Waals surface area contributed by atoms with Gasteiger partial charge in [-0.05, 0) is 42.7 Å². The second-order valence-electron chi connectivity index (χ2n) is 8.18. The van der Waals surface area contributed by atoms with Crippen LogP contribution in [0.25, 0.3) is 11.1 Å². The average molecular weight is 471 g/mol. The molecule has 0 saturated carbocycles. The van der Waals surface area contributed by atoms with Crippen molar-refractivity contribution in [3.63, 3.8) is 0 Å². The molecule has 4 rings (SSSR count). The zero-order valence-corrected chi connectivity index (χ0v) is 19.8. The van der Waals surface area contributed by atoms with Gasteiger partial charge < -0.3 is 14.6 Å². The Hall–Kier alpha value is -2.91. The minimum Gasteiger partial charge on any atom is -0.423 e. The molecule has 1 amide bonds. The molecule has 0 radical (unpaired) electrons. The largest absolute Gasteiger partial charge is 0.423 e. The monoisotopic (exact) mass is 470 g/mol. The lowest BCUT2D eigenvalue weighted by molar-refractivity contribution is -0.125. The third-order valence-electron chi connectivity index (χ3n) is 6.15. The lowest BCUT2D eigenvalue weighted by Crippen LogP contribution is -2.40. The Labute approximate surface area is 194 Å². The molecule has 0 spiro atoms. The number of anilines is 1. The van der Waals surface area contributed by atoms with Gasteiger partial charge in [0.15, 0.2) is 5.58 Å². The molecule has 1 fully saturated rings. The highest BCUT2D eigenvalue weighted by molar-refractivity contribution is 7.89. The number of fused-ring (bicyclic) bond motifs is 1. The summed E-state index contributed by atoms with van der Waals surface area (Å²) in [6.07, 6.45) is 1.46. The first kappa shape index (κ1) is 23.3. The van der Waals surface area contributed by atoms with Crippen molar-refractivity contribution in [1.29, 1.82) is 0 Å². The number of rotatable bonds is 8. The van der Waals surface area contributed by atoms with Gasteiger partial charge in [-0.2, -0.15) is 9.29 Å². The fraction of sp³-hybridized carbons (Fsp3) is 0.417. The Kier molecular flexibility index (Phi) is 6.99. The minimum absolute atomic E-state index is 0.0204. The molecule has 3 aromatic rings. The molecular formula is C24H30N4O4S. The van der Waals surface area contributed by atoms with Crippen LogP contribution in [0.3, 0.4) is 0 Å². The van der Waals surface area contributed by atoms with Gasteiger partial charge in [0.1, 0.15) is 5.52 Å². The molecule has 1 aliphatic heterocycles. The Balaban J connectivity index is 1.29. The number of sulfonamides is 1. The second-order valence-corrected chi connectivity index (χ2v) is 10.1. The highest BCUT2D eigenvalue weighted by atomic mass is 32.2. The van der Waals surface area contributed by atoms with Crippen molar-refractivity contribution in [3.05, 3.63) is 54.1 Å².